The molecule has 0 aliphatic carbocycles. The average Bonchev–Trinajstić information content (AvgIpc) is 2.40. The Morgan fingerprint density at radius 3 is 2.76 bits per heavy atom. The first kappa shape index (κ1) is 15.7. The topological polar surface area (TPSA) is 66.5 Å². The van der Waals surface area contributed by atoms with Gasteiger partial charge in [0.1, 0.15) is 12.1 Å². The van der Waals surface area contributed by atoms with Gasteiger partial charge in [-0.05, 0) is 38.0 Å². The number of carbonyl (C=O) groups excluding carboxylic acids is 3. The van der Waals surface area contributed by atoms with E-state index in [1.54, 1.807) is 13.8 Å². The Hall–Kier alpha value is -1.69. The molecule has 1 saturated heterocycles. The largest absolute Gasteiger partial charge is 0.319 e. The molecule has 6 heteroatoms. The van der Waals surface area contributed by atoms with Crippen molar-refractivity contribution < 1.29 is 14.4 Å². The predicted octanol–water partition coefficient (Wildman–Crippen LogP) is 1.65. The van der Waals surface area contributed by atoms with Crippen molar-refractivity contribution in [2.24, 2.45) is 0 Å². The third-order valence-corrected chi connectivity index (χ3v) is 4.10. The molecule has 112 valence electrons. The van der Waals surface area contributed by atoms with Crippen molar-refractivity contribution in [1.82, 2.24) is 10.2 Å². The fourth-order valence-corrected chi connectivity index (χ4v) is 2.71. The molecule has 0 saturated carbocycles. The number of nitrogens with one attached hydrogen (secondary N) is 1. The van der Waals surface area contributed by atoms with Crippen molar-refractivity contribution in [2.45, 2.75) is 32.2 Å². The highest BCUT2D eigenvalue weighted by atomic mass is 79.9. The van der Waals surface area contributed by atoms with E-state index in [2.05, 4.69) is 21.2 Å². The molecule has 2 rings (SSSR count). The highest BCUT2D eigenvalue weighted by Gasteiger charge is 2.43. The summed E-state index contributed by atoms with van der Waals surface area (Å²) in [6.45, 7) is 3.22. The maximum absolute atomic E-state index is 12.3. The lowest BCUT2D eigenvalue weighted by Gasteiger charge is -2.40. The summed E-state index contributed by atoms with van der Waals surface area (Å²) in [6.07, 6.45) is 0.834. The summed E-state index contributed by atoms with van der Waals surface area (Å²) in [4.78, 5) is 37.0. The Bertz CT molecular complexity index is 598. The van der Waals surface area contributed by atoms with Gasteiger partial charge in [-0.25, -0.2) is 0 Å². The highest BCUT2D eigenvalue weighted by molar-refractivity contribution is 9.10. The molecule has 0 radical (unpaired) electrons. The van der Waals surface area contributed by atoms with Crippen LogP contribution in [0.2, 0.25) is 0 Å². The molecule has 5 nitrogen and oxygen atoms in total. The Balaban J connectivity index is 2.05. The van der Waals surface area contributed by atoms with Crippen molar-refractivity contribution >= 4 is 33.7 Å². The van der Waals surface area contributed by atoms with Crippen LogP contribution < -0.4 is 5.32 Å². The number of hydrogen-bond acceptors (Lipinski definition) is 3. The lowest BCUT2D eigenvalue weighted by atomic mass is 9.97. The van der Waals surface area contributed by atoms with Gasteiger partial charge in [0, 0.05) is 10.9 Å². The van der Waals surface area contributed by atoms with E-state index in [0.717, 1.165) is 10.0 Å². The molecular weight excluding hydrogens is 336 g/mol. The van der Waals surface area contributed by atoms with E-state index in [-0.39, 0.29) is 18.9 Å². The van der Waals surface area contributed by atoms with E-state index in [1.165, 1.54) is 4.90 Å². The number of benzene rings is 1. The van der Waals surface area contributed by atoms with Crippen molar-refractivity contribution in [2.75, 3.05) is 6.54 Å². The highest BCUT2D eigenvalue weighted by Crippen LogP contribution is 2.20. The molecule has 1 aromatic rings. The predicted molar refractivity (Wildman–Crippen MR) is 81.4 cm³/mol. The monoisotopic (exact) mass is 352 g/mol. The number of nitrogens with zero attached hydrogens (tertiary/aromatic N) is 1. The van der Waals surface area contributed by atoms with Gasteiger partial charge in [-0.2, -0.15) is 0 Å². The Labute approximate surface area is 131 Å². The molecule has 0 unspecified atom stereocenters. The van der Waals surface area contributed by atoms with Crippen LogP contribution in [0.15, 0.2) is 28.7 Å². The number of aryl methyl sites for hydroxylation is 1. The zero-order valence-corrected chi connectivity index (χ0v) is 13.6. The number of imide groups is 1. The second-order valence-corrected chi connectivity index (χ2v) is 6.46. The van der Waals surface area contributed by atoms with Gasteiger partial charge in [-0.3, -0.25) is 19.7 Å². The molecule has 21 heavy (non-hydrogen) atoms. The molecular formula is C15H17BrN2O3. The number of amides is 3. The summed E-state index contributed by atoms with van der Waals surface area (Å²) < 4.78 is 0.959. The van der Waals surface area contributed by atoms with Gasteiger partial charge in [-0.1, -0.05) is 28.1 Å². The van der Waals surface area contributed by atoms with Crippen LogP contribution in [-0.4, -0.2) is 34.7 Å². The van der Waals surface area contributed by atoms with Crippen LogP contribution in [0.4, 0.5) is 0 Å². The quantitative estimate of drug-likeness (QED) is 0.841. The third kappa shape index (κ3) is 3.50. The lowest BCUT2D eigenvalue weighted by Crippen LogP contribution is -2.65. The molecule has 0 aromatic heterocycles. The van der Waals surface area contributed by atoms with Crippen molar-refractivity contribution in [3.63, 3.8) is 0 Å². The van der Waals surface area contributed by atoms with E-state index < -0.39 is 17.4 Å². The van der Waals surface area contributed by atoms with E-state index in [0.29, 0.717) is 6.42 Å². The summed E-state index contributed by atoms with van der Waals surface area (Å²) in [5, 5.41) is 2.26. The molecule has 0 atom stereocenters. The third-order valence-electron chi connectivity index (χ3n) is 3.60. The molecule has 1 heterocycles. The van der Waals surface area contributed by atoms with Crippen LogP contribution in [0, 0.1) is 0 Å². The fraction of sp³-hybridized carbons (Fsp3) is 0.400. The lowest BCUT2D eigenvalue weighted by molar-refractivity contribution is -0.155. The van der Waals surface area contributed by atoms with E-state index >= 15 is 0 Å². The van der Waals surface area contributed by atoms with Crippen LogP contribution in [0.3, 0.4) is 0 Å². The minimum absolute atomic E-state index is 0.0734. The second-order valence-electron chi connectivity index (χ2n) is 5.55. The van der Waals surface area contributed by atoms with Gasteiger partial charge in [-0.15, -0.1) is 0 Å². The normalized spacial score (nSPS) is 17.6. The van der Waals surface area contributed by atoms with Gasteiger partial charge in [0.05, 0.1) is 0 Å². The number of carbonyl (C=O) groups is 3. The fourth-order valence-electron chi connectivity index (χ4n) is 2.26. The summed E-state index contributed by atoms with van der Waals surface area (Å²) in [6, 6.07) is 7.72. The minimum Gasteiger partial charge on any atom is -0.319 e. The summed E-state index contributed by atoms with van der Waals surface area (Å²) in [5.74, 6) is -1.06. The summed E-state index contributed by atoms with van der Waals surface area (Å²) in [5.41, 5.74) is 0.0331. The molecule has 1 fully saturated rings. The molecule has 0 spiro atoms. The van der Waals surface area contributed by atoms with Crippen LogP contribution in [0.1, 0.15) is 25.8 Å². The first-order valence-electron chi connectivity index (χ1n) is 6.70. The first-order chi connectivity index (χ1) is 9.80. The summed E-state index contributed by atoms with van der Waals surface area (Å²) in [7, 11) is 0. The van der Waals surface area contributed by atoms with Gasteiger partial charge in [0.15, 0.2) is 0 Å². The van der Waals surface area contributed by atoms with Crippen molar-refractivity contribution in [3.8, 4) is 0 Å². The second kappa shape index (κ2) is 5.97. The Morgan fingerprint density at radius 1 is 1.38 bits per heavy atom. The van der Waals surface area contributed by atoms with E-state index in [1.807, 2.05) is 24.3 Å². The Morgan fingerprint density at radius 2 is 2.10 bits per heavy atom. The zero-order chi connectivity index (χ0) is 15.6. The first-order valence-corrected chi connectivity index (χ1v) is 7.49. The van der Waals surface area contributed by atoms with E-state index in [9.17, 15) is 14.4 Å². The summed E-state index contributed by atoms with van der Waals surface area (Å²) >= 11 is 3.39. The number of piperazine rings is 1. The number of rotatable bonds is 3. The van der Waals surface area contributed by atoms with Gasteiger partial charge in [0.2, 0.25) is 11.8 Å². The zero-order valence-electron chi connectivity index (χ0n) is 12.0. The van der Waals surface area contributed by atoms with Gasteiger partial charge < -0.3 is 4.90 Å². The molecule has 1 aliphatic rings. The number of hydrogen-bond donors (Lipinski definition) is 1. The average molecular weight is 353 g/mol. The van der Waals surface area contributed by atoms with Crippen molar-refractivity contribution in [1.29, 1.82) is 0 Å². The molecule has 3 amide bonds. The number of halogens is 1. The maximum atomic E-state index is 12.3. The minimum atomic E-state index is -0.998. The maximum Gasteiger partial charge on any atom is 0.252 e. The van der Waals surface area contributed by atoms with Gasteiger partial charge in [0.25, 0.3) is 5.91 Å². The SMILES string of the molecule is CC1(C)C(=O)NC(=O)CN1C(=O)CCc1cccc(Br)c1. The Kier molecular flexibility index (Phi) is 4.46. The van der Waals surface area contributed by atoms with Crippen LogP contribution in [0.5, 0.6) is 0 Å². The van der Waals surface area contributed by atoms with Gasteiger partial charge >= 0.3 is 0 Å². The van der Waals surface area contributed by atoms with Crippen LogP contribution in [0.25, 0.3) is 0 Å². The van der Waals surface area contributed by atoms with Crippen molar-refractivity contribution in [3.05, 3.63) is 34.3 Å². The molecule has 1 aromatic carbocycles. The molecule has 0 bridgehead atoms. The molecule has 1 N–H and O–H groups in total. The smallest absolute Gasteiger partial charge is 0.252 e. The van der Waals surface area contributed by atoms with Crippen LogP contribution >= 0.6 is 15.9 Å². The molecule has 1 aliphatic heterocycles. The van der Waals surface area contributed by atoms with Crippen LogP contribution in [-0.2, 0) is 20.8 Å². The standard InChI is InChI=1S/C15H17BrN2O3/c1-15(2)14(21)17-12(19)9-18(15)13(20)7-6-10-4-3-5-11(16)8-10/h3-5,8H,6-7,9H2,1-2H3,(H,17,19,21). The van der Waals surface area contributed by atoms with E-state index in [4.69, 9.17) is 0 Å².